The number of nitro groups is 1. The van der Waals surface area contributed by atoms with Crippen molar-refractivity contribution in [3.63, 3.8) is 0 Å². The number of carbonyl (C=O) groups is 1. The molecule has 1 aromatic heterocycles. The van der Waals surface area contributed by atoms with Crippen molar-refractivity contribution in [2.75, 3.05) is 31.1 Å². The lowest BCUT2D eigenvalue weighted by Crippen LogP contribution is -2.49. The summed E-state index contributed by atoms with van der Waals surface area (Å²) in [6, 6.07) is 14.4. The third-order valence-corrected chi connectivity index (χ3v) is 5.54. The fourth-order valence-corrected chi connectivity index (χ4v) is 3.96. The second-order valence-electron chi connectivity index (χ2n) is 7.27. The molecule has 0 radical (unpaired) electrons. The van der Waals surface area contributed by atoms with Crippen LogP contribution < -0.4 is 4.90 Å². The molecule has 1 saturated heterocycles. The molecule has 1 aliphatic rings. The average Bonchev–Trinajstić information content (AvgIpc) is 2.74. The van der Waals surface area contributed by atoms with Gasteiger partial charge in [0.05, 0.1) is 21.7 Å². The summed E-state index contributed by atoms with van der Waals surface area (Å²) in [7, 11) is 0. The van der Waals surface area contributed by atoms with Crippen molar-refractivity contribution in [3.05, 3.63) is 75.5 Å². The number of nitrogens with zero attached hydrogens (tertiary/aromatic N) is 4. The molecule has 0 spiro atoms. The van der Waals surface area contributed by atoms with Gasteiger partial charge in [-0.3, -0.25) is 19.9 Å². The number of anilines is 1. The molecule has 4 rings (SSSR count). The van der Waals surface area contributed by atoms with E-state index in [2.05, 4.69) is 9.88 Å². The van der Waals surface area contributed by atoms with Gasteiger partial charge >= 0.3 is 0 Å². The van der Waals surface area contributed by atoms with Crippen molar-refractivity contribution < 1.29 is 9.72 Å². The van der Waals surface area contributed by atoms with Crippen molar-refractivity contribution in [2.45, 2.75) is 13.8 Å². The highest BCUT2D eigenvalue weighted by Crippen LogP contribution is 2.25. The summed E-state index contributed by atoms with van der Waals surface area (Å²) < 4.78 is 0. The molecular weight excluding hydrogens is 368 g/mol. The summed E-state index contributed by atoms with van der Waals surface area (Å²) in [6.45, 7) is 6.44. The monoisotopic (exact) mass is 390 g/mol. The Bertz CT molecular complexity index is 1090. The van der Waals surface area contributed by atoms with Crippen molar-refractivity contribution >= 4 is 28.2 Å². The van der Waals surface area contributed by atoms with Crippen LogP contribution in [0.5, 0.6) is 0 Å². The number of aryl methyl sites for hydroxylation is 2. The van der Waals surface area contributed by atoms with Gasteiger partial charge < -0.3 is 9.80 Å². The molecule has 1 fully saturated rings. The van der Waals surface area contributed by atoms with E-state index in [0.717, 1.165) is 27.8 Å². The summed E-state index contributed by atoms with van der Waals surface area (Å²) >= 11 is 0. The van der Waals surface area contributed by atoms with E-state index in [0.29, 0.717) is 31.7 Å². The Labute approximate surface area is 168 Å². The Balaban J connectivity index is 1.51. The lowest BCUT2D eigenvalue weighted by molar-refractivity contribution is -0.384. The molecule has 7 heteroatoms. The Kier molecular flexibility index (Phi) is 4.88. The van der Waals surface area contributed by atoms with Gasteiger partial charge in [0.2, 0.25) is 0 Å². The number of fused-ring (bicyclic) bond motifs is 1. The number of amides is 1. The third kappa shape index (κ3) is 3.51. The van der Waals surface area contributed by atoms with Crippen molar-refractivity contribution in [1.29, 1.82) is 0 Å². The van der Waals surface area contributed by atoms with Gasteiger partial charge in [-0.15, -0.1) is 0 Å². The van der Waals surface area contributed by atoms with E-state index in [4.69, 9.17) is 0 Å². The molecule has 7 nitrogen and oxygen atoms in total. The standard InChI is InChI=1S/C22H22N4O3/c1-15-19-5-3-4-6-20(19)23-16(2)21(15)22(27)25-13-11-24(12-14-25)17-7-9-18(10-8-17)26(28)29/h3-10H,11-14H2,1-2H3. The van der Waals surface area contributed by atoms with Crippen molar-refractivity contribution in [1.82, 2.24) is 9.88 Å². The molecule has 0 saturated carbocycles. The Morgan fingerprint density at radius 2 is 1.66 bits per heavy atom. The summed E-state index contributed by atoms with van der Waals surface area (Å²) in [4.78, 5) is 32.3. The van der Waals surface area contributed by atoms with Crippen LogP contribution >= 0.6 is 0 Å². The summed E-state index contributed by atoms with van der Waals surface area (Å²) in [5.74, 6) is 0.0154. The number of benzene rings is 2. The second kappa shape index (κ2) is 7.50. The lowest BCUT2D eigenvalue weighted by atomic mass is 10.0. The van der Waals surface area contributed by atoms with Gasteiger partial charge in [0.1, 0.15) is 0 Å². The van der Waals surface area contributed by atoms with Gasteiger partial charge in [-0.1, -0.05) is 18.2 Å². The van der Waals surface area contributed by atoms with E-state index in [1.165, 1.54) is 12.1 Å². The summed E-state index contributed by atoms with van der Waals surface area (Å²) in [5.41, 5.74) is 4.33. The number of rotatable bonds is 3. The van der Waals surface area contributed by atoms with Crippen LogP contribution in [-0.4, -0.2) is 46.9 Å². The van der Waals surface area contributed by atoms with Gasteiger partial charge in [-0.25, -0.2) is 0 Å². The molecule has 0 bridgehead atoms. The number of pyridine rings is 1. The maximum atomic E-state index is 13.2. The number of aromatic nitrogens is 1. The first-order valence-electron chi connectivity index (χ1n) is 9.60. The predicted molar refractivity (Wildman–Crippen MR) is 112 cm³/mol. The molecule has 148 valence electrons. The van der Waals surface area contributed by atoms with E-state index in [9.17, 15) is 14.9 Å². The van der Waals surface area contributed by atoms with E-state index in [1.807, 2.05) is 43.0 Å². The minimum Gasteiger partial charge on any atom is -0.368 e. The molecule has 0 aliphatic carbocycles. The highest BCUT2D eigenvalue weighted by Gasteiger charge is 2.26. The minimum atomic E-state index is -0.400. The molecular formula is C22H22N4O3. The van der Waals surface area contributed by atoms with Gasteiger partial charge in [-0.2, -0.15) is 0 Å². The molecule has 0 unspecified atom stereocenters. The second-order valence-corrected chi connectivity index (χ2v) is 7.27. The van der Waals surface area contributed by atoms with E-state index >= 15 is 0 Å². The van der Waals surface area contributed by atoms with Crippen LogP contribution in [0.4, 0.5) is 11.4 Å². The van der Waals surface area contributed by atoms with E-state index < -0.39 is 4.92 Å². The third-order valence-electron chi connectivity index (χ3n) is 5.54. The first-order valence-corrected chi connectivity index (χ1v) is 9.60. The first kappa shape index (κ1) is 18.9. The molecule has 2 aromatic carbocycles. The number of carbonyl (C=O) groups excluding carboxylic acids is 1. The summed E-state index contributed by atoms with van der Waals surface area (Å²) in [5, 5.41) is 11.8. The number of hydrogen-bond acceptors (Lipinski definition) is 5. The smallest absolute Gasteiger partial charge is 0.269 e. The fourth-order valence-electron chi connectivity index (χ4n) is 3.96. The van der Waals surface area contributed by atoms with Crippen molar-refractivity contribution in [2.24, 2.45) is 0 Å². The van der Waals surface area contributed by atoms with E-state index in [1.54, 1.807) is 12.1 Å². The molecule has 2 heterocycles. The van der Waals surface area contributed by atoms with Crippen LogP contribution in [0, 0.1) is 24.0 Å². The zero-order chi connectivity index (χ0) is 20.5. The highest BCUT2D eigenvalue weighted by molar-refractivity contribution is 6.01. The first-order chi connectivity index (χ1) is 14.0. The SMILES string of the molecule is Cc1nc2ccccc2c(C)c1C(=O)N1CCN(c2ccc([N+](=O)[O-])cc2)CC1. The number of nitro benzene ring substituents is 1. The van der Waals surface area contributed by atoms with E-state index in [-0.39, 0.29) is 11.6 Å². The Morgan fingerprint density at radius 1 is 1.00 bits per heavy atom. The Morgan fingerprint density at radius 3 is 2.31 bits per heavy atom. The quantitative estimate of drug-likeness (QED) is 0.503. The molecule has 3 aromatic rings. The van der Waals surface area contributed by atoms with Crippen LogP contribution in [0.25, 0.3) is 10.9 Å². The zero-order valence-corrected chi connectivity index (χ0v) is 16.5. The number of para-hydroxylation sites is 1. The topological polar surface area (TPSA) is 79.6 Å². The van der Waals surface area contributed by atoms with Gasteiger partial charge in [-0.05, 0) is 37.6 Å². The van der Waals surface area contributed by atoms with Crippen LogP contribution in [-0.2, 0) is 0 Å². The van der Waals surface area contributed by atoms with Crippen LogP contribution in [0.15, 0.2) is 48.5 Å². The normalized spacial score (nSPS) is 14.3. The Hall–Kier alpha value is -3.48. The molecule has 29 heavy (non-hydrogen) atoms. The fraction of sp³-hybridized carbons (Fsp3) is 0.273. The predicted octanol–water partition coefficient (Wildman–Crippen LogP) is 3.72. The number of piperazine rings is 1. The summed E-state index contributed by atoms with van der Waals surface area (Å²) in [6.07, 6.45) is 0. The molecule has 1 amide bonds. The number of hydrogen-bond donors (Lipinski definition) is 0. The van der Waals surface area contributed by atoms with Crippen LogP contribution in [0.3, 0.4) is 0 Å². The molecule has 0 N–H and O–H groups in total. The maximum Gasteiger partial charge on any atom is 0.269 e. The number of non-ortho nitro benzene ring substituents is 1. The molecule has 0 atom stereocenters. The zero-order valence-electron chi connectivity index (χ0n) is 16.5. The maximum absolute atomic E-state index is 13.2. The van der Waals surface area contributed by atoms with Crippen LogP contribution in [0.1, 0.15) is 21.6 Å². The minimum absolute atomic E-state index is 0.0154. The largest absolute Gasteiger partial charge is 0.368 e. The average molecular weight is 390 g/mol. The molecule has 1 aliphatic heterocycles. The highest BCUT2D eigenvalue weighted by atomic mass is 16.6. The van der Waals surface area contributed by atoms with Gasteiger partial charge in [0.25, 0.3) is 11.6 Å². The van der Waals surface area contributed by atoms with Gasteiger partial charge in [0.15, 0.2) is 0 Å². The lowest BCUT2D eigenvalue weighted by Gasteiger charge is -2.36. The van der Waals surface area contributed by atoms with Crippen LogP contribution in [0.2, 0.25) is 0 Å². The van der Waals surface area contributed by atoms with Crippen molar-refractivity contribution in [3.8, 4) is 0 Å². The van der Waals surface area contributed by atoms with Gasteiger partial charge in [0, 0.05) is 49.4 Å².